The molecular weight excluding hydrogens is 346 g/mol. The SMILES string of the molecule is O=C(C1COc2ccccc2O1)N1CCCC(c2ccc3c(c2)OCO3)C1. The Balaban J connectivity index is 1.29. The zero-order valence-corrected chi connectivity index (χ0v) is 14.9. The lowest BCUT2D eigenvalue weighted by atomic mass is 9.90. The number of hydrogen-bond donors (Lipinski definition) is 0. The number of rotatable bonds is 2. The van der Waals surface area contributed by atoms with Gasteiger partial charge in [-0.2, -0.15) is 0 Å². The van der Waals surface area contributed by atoms with Crippen molar-refractivity contribution < 1.29 is 23.7 Å². The molecule has 5 rings (SSSR count). The van der Waals surface area contributed by atoms with Gasteiger partial charge in [0, 0.05) is 19.0 Å². The minimum atomic E-state index is -0.588. The monoisotopic (exact) mass is 367 g/mol. The van der Waals surface area contributed by atoms with E-state index in [1.807, 2.05) is 41.3 Å². The maximum atomic E-state index is 13.0. The number of carbonyl (C=O) groups excluding carboxylic acids is 1. The van der Waals surface area contributed by atoms with Gasteiger partial charge in [-0.1, -0.05) is 18.2 Å². The van der Waals surface area contributed by atoms with E-state index in [2.05, 4.69) is 6.07 Å². The number of hydrogen-bond acceptors (Lipinski definition) is 5. The highest BCUT2D eigenvalue weighted by Gasteiger charge is 2.34. The summed E-state index contributed by atoms with van der Waals surface area (Å²) < 4.78 is 22.5. The summed E-state index contributed by atoms with van der Waals surface area (Å²) in [5.74, 6) is 3.18. The Morgan fingerprint density at radius 1 is 0.963 bits per heavy atom. The van der Waals surface area contributed by atoms with E-state index < -0.39 is 6.10 Å². The lowest BCUT2D eigenvalue weighted by Gasteiger charge is -2.36. The fourth-order valence-electron chi connectivity index (χ4n) is 3.96. The second-order valence-electron chi connectivity index (χ2n) is 7.10. The van der Waals surface area contributed by atoms with E-state index in [1.165, 1.54) is 5.56 Å². The van der Waals surface area contributed by atoms with E-state index in [4.69, 9.17) is 18.9 Å². The molecule has 1 fully saturated rings. The Morgan fingerprint density at radius 2 is 1.78 bits per heavy atom. The van der Waals surface area contributed by atoms with Crippen molar-refractivity contribution in [1.29, 1.82) is 0 Å². The van der Waals surface area contributed by atoms with Crippen LogP contribution in [0.4, 0.5) is 0 Å². The van der Waals surface area contributed by atoms with Crippen LogP contribution in [0.5, 0.6) is 23.0 Å². The quantitative estimate of drug-likeness (QED) is 0.817. The van der Waals surface area contributed by atoms with Crippen LogP contribution in [0.25, 0.3) is 0 Å². The summed E-state index contributed by atoms with van der Waals surface area (Å²) in [5.41, 5.74) is 1.18. The van der Waals surface area contributed by atoms with E-state index in [1.54, 1.807) is 0 Å². The highest BCUT2D eigenvalue weighted by Crippen LogP contribution is 2.37. The standard InChI is InChI=1S/C21H21NO5/c23-21(20-12-24-16-5-1-2-6-18(16)27-20)22-9-3-4-15(11-22)14-7-8-17-19(10-14)26-13-25-17/h1-2,5-8,10,15,20H,3-4,9,11-13H2. The Bertz CT molecular complexity index is 867. The fourth-order valence-corrected chi connectivity index (χ4v) is 3.96. The molecule has 0 spiro atoms. The zero-order valence-electron chi connectivity index (χ0n) is 14.9. The van der Waals surface area contributed by atoms with Crippen LogP contribution in [-0.2, 0) is 4.79 Å². The van der Waals surface area contributed by atoms with Crippen LogP contribution < -0.4 is 18.9 Å². The molecule has 27 heavy (non-hydrogen) atoms. The van der Waals surface area contributed by atoms with Gasteiger partial charge >= 0.3 is 0 Å². The van der Waals surface area contributed by atoms with E-state index in [0.29, 0.717) is 18.0 Å². The summed E-state index contributed by atoms with van der Waals surface area (Å²) in [6.45, 7) is 1.96. The number of para-hydroxylation sites is 2. The predicted molar refractivity (Wildman–Crippen MR) is 97.5 cm³/mol. The zero-order chi connectivity index (χ0) is 18.2. The van der Waals surface area contributed by atoms with Gasteiger partial charge in [0.25, 0.3) is 5.91 Å². The first-order chi connectivity index (χ1) is 13.3. The highest BCUT2D eigenvalue weighted by molar-refractivity contribution is 5.82. The summed E-state index contributed by atoms with van der Waals surface area (Å²) in [6.07, 6.45) is 1.43. The minimum absolute atomic E-state index is 0.00468. The Morgan fingerprint density at radius 3 is 2.70 bits per heavy atom. The lowest BCUT2D eigenvalue weighted by Crippen LogP contribution is -2.49. The average Bonchev–Trinajstić information content (AvgIpc) is 3.21. The molecule has 0 saturated carbocycles. The molecular formula is C21H21NO5. The van der Waals surface area contributed by atoms with Gasteiger partial charge in [0.15, 0.2) is 23.0 Å². The van der Waals surface area contributed by atoms with Crippen LogP contribution in [0.15, 0.2) is 42.5 Å². The van der Waals surface area contributed by atoms with Crippen LogP contribution in [0.3, 0.4) is 0 Å². The Kier molecular flexibility index (Phi) is 4.03. The van der Waals surface area contributed by atoms with Crippen molar-refractivity contribution in [3.8, 4) is 23.0 Å². The molecule has 140 valence electrons. The fraction of sp³-hybridized carbons (Fsp3) is 0.381. The Hall–Kier alpha value is -2.89. The number of nitrogens with zero attached hydrogens (tertiary/aromatic N) is 1. The molecule has 3 aliphatic heterocycles. The van der Waals surface area contributed by atoms with Crippen molar-refractivity contribution >= 4 is 5.91 Å². The molecule has 2 aromatic carbocycles. The van der Waals surface area contributed by atoms with Crippen molar-refractivity contribution in [2.75, 3.05) is 26.5 Å². The van der Waals surface area contributed by atoms with Crippen molar-refractivity contribution in [2.24, 2.45) is 0 Å². The highest BCUT2D eigenvalue weighted by atomic mass is 16.7. The van der Waals surface area contributed by atoms with Crippen molar-refractivity contribution in [1.82, 2.24) is 4.90 Å². The molecule has 2 atom stereocenters. The van der Waals surface area contributed by atoms with Gasteiger partial charge in [-0.25, -0.2) is 0 Å². The summed E-state index contributed by atoms with van der Waals surface area (Å²) in [4.78, 5) is 14.9. The number of ether oxygens (including phenoxy) is 4. The molecule has 0 aromatic heterocycles. The van der Waals surface area contributed by atoms with Crippen molar-refractivity contribution in [2.45, 2.75) is 24.9 Å². The van der Waals surface area contributed by atoms with E-state index in [0.717, 1.165) is 30.9 Å². The summed E-state index contributed by atoms with van der Waals surface area (Å²) in [5, 5.41) is 0. The molecule has 1 amide bonds. The number of carbonyl (C=O) groups is 1. The van der Waals surface area contributed by atoms with Gasteiger partial charge in [-0.15, -0.1) is 0 Å². The molecule has 3 aliphatic rings. The molecule has 6 heteroatoms. The minimum Gasteiger partial charge on any atom is -0.485 e. The van der Waals surface area contributed by atoms with Gasteiger partial charge in [0.1, 0.15) is 6.61 Å². The van der Waals surface area contributed by atoms with Crippen LogP contribution in [0.2, 0.25) is 0 Å². The first kappa shape index (κ1) is 16.3. The molecule has 0 aliphatic carbocycles. The molecule has 0 bridgehead atoms. The van der Waals surface area contributed by atoms with Crippen molar-refractivity contribution in [3.63, 3.8) is 0 Å². The first-order valence-electron chi connectivity index (χ1n) is 9.35. The number of piperidine rings is 1. The molecule has 2 unspecified atom stereocenters. The second kappa shape index (κ2) is 6.68. The van der Waals surface area contributed by atoms with Gasteiger partial charge < -0.3 is 23.8 Å². The van der Waals surface area contributed by atoms with Gasteiger partial charge in [-0.05, 0) is 42.7 Å². The largest absolute Gasteiger partial charge is 0.485 e. The van der Waals surface area contributed by atoms with Gasteiger partial charge in [-0.3, -0.25) is 4.79 Å². The van der Waals surface area contributed by atoms with Crippen LogP contribution >= 0.6 is 0 Å². The van der Waals surface area contributed by atoms with Crippen molar-refractivity contribution in [3.05, 3.63) is 48.0 Å². The van der Waals surface area contributed by atoms with E-state index >= 15 is 0 Å². The topological polar surface area (TPSA) is 57.2 Å². The maximum Gasteiger partial charge on any atom is 0.267 e. The van der Waals surface area contributed by atoms with Crippen LogP contribution in [-0.4, -0.2) is 43.4 Å². The van der Waals surface area contributed by atoms with E-state index in [-0.39, 0.29) is 25.2 Å². The summed E-state index contributed by atoms with van der Waals surface area (Å²) in [7, 11) is 0. The number of likely N-dealkylation sites (tertiary alicyclic amines) is 1. The molecule has 3 heterocycles. The third kappa shape index (κ3) is 3.05. The van der Waals surface area contributed by atoms with E-state index in [9.17, 15) is 4.79 Å². The smallest absolute Gasteiger partial charge is 0.267 e. The lowest BCUT2D eigenvalue weighted by molar-refractivity contribution is -0.142. The number of amides is 1. The Labute approximate surface area is 157 Å². The molecule has 0 N–H and O–H groups in total. The number of benzene rings is 2. The molecule has 1 saturated heterocycles. The first-order valence-corrected chi connectivity index (χ1v) is 9.35. The molecule has 6 nitrogen and oxygen atoms in total. The molecule has 2 aromatic rings. The maximum absolute atomic E-state index is 13.0. The third-order valence-corrected chi connectivity index (χ3v) is 5.39. The van der Waals surface area contributed by atoms with Gasteiger partial charge in [0.05, 0.1) is 0 Å². The number of fused-ring (bicyclic) bond motifs is 2. The summed E-state index contributed by atoms with van der Waals surface area (Å²) >= 11 is 0. The van der Waals surface area contributed by atoms with Gasteiger partial charge in [0.2, 0.25) is 12.9 Å². The van der Waals surface area contributed by atoms with Crippen LogP contribution in [0, 0.1) is 0 Å². The third-order valence-electron chi connectivity index (χ3n) is 5.39. The average molecular weight is 367 g/mol. The predicted octanol–water partition coefficient (Wildman–Crippen LogP) is 2.96. The summed E-state index contributed by atoms with van der Waals surface area (Å²) in [6, 6.07) is 13.5. The van der Waals surface area contributed by atoms with Crippen LogP contribution in [0.1, 0.15) is 24.3 Å². The second-order valence-corrected chi connectivity index (χ2v) is 7.10. The molecule has 0 radical (unpaired) electrons. The normalized spacial score (nSPS) is 23.2.